The third kappa shape index (κ3) is 3.47. The van der Waals surface area contributed by atoms with E-state index in [1.807, 2.05) is 0 Å². The van der Waals surface area contributed by atoms with E-state index in [1.165, 1.54) is 54.6 Å². The number of hydrogen-bond acceptors (Lipinski definition) is 1. The maximum absolute atomic E-state index is 6.77. The van der Waals surface area contributed by atoms with E-state index < -0.39 is 0 Å². The molecule has 8 aromatic carbocycles. The van der Waals surface area contributed by atoms with E-state index in [0.717, 1.165) is 38.7 Å². The molecule has 0 fully saturated rings. The van der Waals surface area contributed by atoms with Crippen LogP contribution in [0.2, 0.25) is 0 Å². The van der Waals surface area contributed by atoms with Gasteiger partial charge < -0.3 is 8.98 Å². The van der Waals surface area contributed by atoms with Crippen molar-refractivity contribution in [3.63, 3.8) is 0 Å². The van der Waals surface area contributed by atoms with Gasteiger partial charge in [0.05, 0.1) is 10.9 Å². The second kappa shape index (κ2) is 9.69. The van der Waals surface area contributed by atoms with E-state index >= 15 is 0 Å². The maximum atomic E-state index is 6.77. The van der Waals surface area contributed by atoms with Crippen LogP contribution in [-0.2, 0) is 0 Å². The molecule has 0 bridgehead atoms. The summed E-state index contributed by atoms with van der Waals surface area (Å²) in [7, 11) is 0. The van der Waals surface area contributed by atoms with Gasteiger partial charge in [0, 0.05) is 11.1 Å². The normalized spacial score (nSPS) is 11.9. The van der Waals surface area contributed by atoms with Gasteiger partial charge in [-0.3, -0.25) is 0 Å². The molecule has 0 amide bonds. The first kappa shape index (κ1) is 25.2. The predicted molar refractivity (Wildman–Crippen MR) is 194 cm³/mol. The number of fused-ring (bicyclic) bond motifs is 8. The quantitative estimate of drug-likeness (QED) is 0.189. The van der Waals surface area contributed by atoms with Crippen molar-refractivity contribution >= 4 is 65.3 Å². The lowest BCUT2D eigenvalue weighted by Crippen LogP contribution is -1.95. The van der Waals surface area contributed by atoms with Crippen molar-refractivity contribution in [1.82, 2.24) is 4.57 Å². The molecule has 10 aromatic rings. The maximum Gasteiger partial charge on any atom is 0.161 e. The van der Waals surface area contributed by atoms with Crippen LogP contribution in [0.25, 0.3) is 93.2 Å². The number of nitrogens with zero attached hydrogens (tertiary/aromatic N) is 1. The molecule has 0 saturated carbocycles. The molecule has 0 atom stereocenters. The molecule has 2 heteroatoms. The van der Waals surface area contributed by atoms with E-state index in [2.05, 4.69) is 168 Å². The molecule has 10 rings (SSSR count). The lowest BCUT2D eigenvalue weighted by molar-refractivity contribution is 0.673. The monoisotopic (exact) mass is 585 g/mol. The summed E-state index contributed by atoms with van der Waals surface area (Å²) in [6, 6.07) is 58.9. The zero-order valence-electron chi connectivity index (χ0n) is 24.9. The summed E-state index contributed by atoms with van der Waals surface area (Å²) in [5.74, 6) is 0. The summed E-state index contributed by atoms with van der Waals surface area (Å²) in [5, 5.41) is 9.70. The highest BCUT2D eigenvalue weighted by Crippen LogP contribution is 2.49. The van der Waals surface area contributed by atoms with Crippen LogP contribution >= 0.6 is 0 Å². The average Bonchev–Trinajstić information content (AvgIpc) is 3.66. The average molecular weight is 586 g/mol. The largest absolute Gasteiger partial charge is 0.454 e. The number of para-hydroxylation sites is 2. The molecular weight excluding hydrogens is 558 g/mol. The van der Waals surface area contributed by atoms with Crippen LogP contribution < -0.4 is 0 Å². The highest BCUT2D eigenvalue weighted by Gasteiger charge is 2.24. The molecule has 0 saturated heterocycles. The smallest absolute Gasteiger partial charge is 0.161 e. The van der Waals surface area contributed by atoms with Gasteiger partial charge >= 0.3 is 0 Å². The van der Waals surface area contributed by atoms with Gasteiger partial charge in [-0.15, -0.1) is 0 Å². The molecule has 214 valence electrons. The van der Waals surface area contributed by atoms with Gasteiger partial charge in [0.1, 0.15) is 11.1 Å². The molecule has 0 N–H and O–H groups in total. The Balaban J connectivity index is 1.40. The standard InChI is InChI=1S/C44H27NO/c1-2-16-29(17-3-1)45-38-26-11-10-23-36(38)44-43(45)42-37(25-13-27-39(42)46-44)41-34-21-8-6-19-32(34)40(33-20-7-9-22-35(33)41)31-24-12-15-28-14-4-5-18-30(28)31/h1-27H. The molecule has 2 heterocycles. The fourth-order valence-electron chi connectivity index (χ4n) is 7.71. The lowest BCUT2D eigenvalue weighted by atomic mass is 9.84. The van der Waals surface area contributed by atoms with E-state index in [-0.39, 0.29) is 0 Å². The van der Waals surface area contributed by atoms with Crippen LogP contribution in [0.3, 0.4) is 0 Å². The van der Waals surface area contributed by atoms with Crippen LogP contribution in [0.4, 0.5) is 0 Å². The Morgan fingerprint density at radius 2 is 0.913 bits per heavy atom. The Hall–Kier alpha value is -6.12. The van der Waals surface area contributed by atoms with E-state index in [0.29, 0.717) is 0 Å². The number of rotatable bonds is 3. The minimum atomic E-state index is 0.893. The molecule has 0 aliphatic heterocycles. The molecular formula is C44H27NO. The molecule has 0 radical (unpaired) electrons. The molecule has 0 unspecified atom stereocenters. The van der Waals surface area contributed by atoms with Crippen LogP contribution in [0.5, 0.6) is 0 Å². The Morgan fingerprint density at radius 1 is 0.391 bits per heavy atom. The molecule has 0 aliphatic rings. The zero-order valence-corrected chi connectivity index (χ0v) is 24.9. The number of aromatic nitrogens is 1. The van der Waals surface area contributed by atoms with Gasteiger partial charge in [-0.1, -0.05) is 133 Å². The molecule has 2 aromatic heterocycles. The molecule has 46 heavy (non-hydrogen) atoms. The fourth-order valence-corrected chi connectivity index (χ4v) is 7.71. The summed E-state index contributed by atoms with van der Waals surface area (Å²) in [6.07, 6.45) is 0. The number of furan rings is 1. The van der Waals surface area contributed by atoms with Gasteiger partial charge in [0.25, 0.3) is 0 Å². The predicted octanol–water partition coefficient (Wildman–Crippen LogP) is 12.3. The Bertz CT molecular complexity index is 2740. The van der Waals surface area contributed by atoms with Crippen molar-refractivity contribution in [1.29, 1.82) is 0 Å². The van der Waals surface area contributed by atoms with Gasteiger partial charge in [0.15, 0.2) is 5.58 Å². The summed E-state index contributed by atoms with van der Waals surface area (Å²) >= 11 is 0. The third-order valence-corrected chi connectivity index (χ3v) is 9.58. The summed E-state index contributed by atoms with van der Waals surface area (Å²) < 4.78 is 9.14. The summed E-state index contributed by atoms with van der Waals surface area (Å²) in [4.78, 5) is 0. The Morgan fingerprint density at radius 3 is 1.63 bits per heavy atom. The van der Waals surface area contributed by atoms with Gasteiger partial charge in [-0.25, -0.2) is 0 Å². The van der Waals surface area contributed by atoms with Crippen LogP contribution in [-0.4, -0.2) is 4.57 Å². The molecule has 0 aliphatic carbocycles. The van der Waals surface area contributed by atoms with Crippen molar-refractivity contribution in [2.75, 3.05) is 0 Å². The molecule has 2 nitrogen and oxygen atoms in total. The third-order valence-electron chi connectivity index (χ3n) is 9.58. The van der Waals surface area contributed by atoms with E-state index in [9.17, 15) is 0 Å². The van der Waals surface area contributed by atoms with Crippen molar-refractivity contribution in [2.24, 2.45) is 0 Å². The topological polar surface area (TPSA) is 18.1 Å². The van der Waals surface area contributed by atoms with E-state index in [4.69, 9.17) is 4.42 Å². The van der Waals surface area contributed by atoms with Crippen LogP contribution in [0.1, 0.15) is 0 Å². The Labute approximate surface area is 265 Å². The summed E-state index contributed by atoms with van der Waals surface area (Å²) in [6.45, 7) is 0. The van der Waals surface area contributed by atoms with Crippen molar-refractivity contribution in [2.45, 2.75) is 0 Å². The van der Waals surface area contributed by atoms with E-state index in [1.54, 1.807) is 0 Å². The van der Waals surface area contributed by atoms with Gasteiger partial charge in [0.2, 0.25) is 0 Å². The van der Waals surface area contributed by atoms with Crippen LogP contribution in [0, 0.1) is 0 Å². The highest BCUT2D eigenvalue weighted by molar-refractivity contribution is 6.28. The first-order valence-corrected chi connectivity index (χ1v) is 15.8. The zero-order chi connectivity index (χ0) is 30.2. The molecule has 0 spiro atoms. The first-order chi connectivity index (χ1) is 22.9. The first-order valence-electron chi connectivity index (χ1n) is 15.8. The minimum Gasteiger partial charge on any atom is -0.454 e. The summed E-state index contributed by atoms with van der Waals surface area (Å²) in [5.41, 5.74) is 10.1. The van der Waals surface area contributed by atoms with Crippen molar-refractivity contribution in [3.05, 3.63) is 164 Å². The van der Waals surface area contributed by atoms with Crippen LogP contribution in [0.15, 0.2) is 168 Å². The van der Waals surface area contributed by atoms with Crippen molar-refractivity contribution < 1.29 is 4.42 Å². The second-order valence-corrected chi connectivity index (χ2v) is 12.0. The second-order valence-electron chi connectivity index (χ2n) is 12.0. The SMILES string of the molecule is c1ccc(-n2c3ccccc3c3oc4cccc(-c5c6ccccc6c(-c6cccc7ccccc67)c6ccccc56)c4c32)cc1. The van der Waals surface area contributed by atoms with Gasteiger partial charge in [-0.05, 0) is 84.9 Å². The number of benzene rings is 8. The number of hydrogen-bond donors (Lipinski definition) is 0. The van der Waals surface area contributed by atoms with Crippen molar-refractivity contribution in [3.8, 4) is 27.9 Å². The lowest BCUT2D eigenvalue weighted by Gasteiger charge is -2.19. The minimum absolute atomic E-state index is 0.893. The van der Waals surface area contributed by atoms with Gasteiger partial charge in [-0.2, -0.15) is 0 Å². The fraction of sp³-hybridized carbons (Fsp3) is 0. The Kier molecular flexibility index (Phi) is 5.31. The highest BCUT2D eigenvalue weighted by atomic mass is 16.3.